The fourth-order valence-electron chi connectivity index (χ4n) is 3.04. The van der Waals surface area contributed by atoms with Crippen molar-refractivity contribution in [3.05, 3.63) is 41.6 Å². The maximum atomic E-state index is 12.5. The average Bonchev–Trinajstić information content (AvgIpc) is 3.15. The molecule has 8 nitrogen and oxygen atoms in total. The zero-order chi connectivity index (χ0) is 19.4. The zero-order valence-corrected chi connectivity index (χ0v) is 16.2. The van der Waals surface area contributed by atoms with Gasteiger partial charge in [-0.15, -0.1) is 4.40 Å². The van der Waals surface area contributed by atoms with Gasteiger partial charge in [-0.05, 0) is 25.8 Å². The molecule has 0 aromatic heterocycles. The number of nitrogens with one attached hydrogen (secondary N) is 1. The summed E-state index contributed by atoms with van der Waals surface area (Å²) in [7, 11) is -2.39. The van der Waals surface area contributed by atoms with Crippen LogP contribution in [0.4, 0.5) is 0 Å². The maximum Gasteiger partial charge on any atom is 0.344 e. The molecule has 9 heteroatoms. The minimum absolute atomic E-state index is 0.00352. The van der Waals surface area contributed by atoms with Crippen molar-refractivity contribution in [3.8, 4) is 5.75 Å². The number of rotatable bonds is 6. The Hall–Kier alpha value is -2.39. The van der Waals surface area contributed by atoms with E-state index in [1.165, 1.54) is 20.2 Å². The highest BCUT2D eigenvalue weighted by Gasteiger charge is 2.29. The van der Waals surface area contributed by atoms with Gasteiger partial charge in [0.05, 0.1) is 31.0 Å². The zero-order valence-electron chi connectivity index (χ0n) is 15.3. The van der Waals surface area contributed by atoms with Crippen LogP contribution in [0.2, 0.25) is 0 Å². The van der Waals surface area contributed by atoms with Crippen LogP contribution >= 0.6 is 0 Å². The van der Waals surface area contributed by atoms with E-state index in [2.05, 4.69) is 9.71 Å². The number of hydrogen-bond donors (Lipinski definition) is 1. The van der Waals surface area contributed by atoms with Crippen molar-refractivity contribution < 1.29 is 22.7 Å². The van der Waals surface area contributed by atoms with Crippen molar-refractivity contribution in [2.24, 2.45) is 4.40 Å². The van der Waals surface area contributed by atoms with Gasteiger partial charge >= 0.3 is 10.2 Å². The van der Waals surface area contributed by atoms with Gasteiger partial charge in [-0.3, -0.25) is 9.10 Å². The molecule has 0 saturated carbocycles. The molecule has 0 radical (unpaired) electrons. The monoisotopic (exact) mass is 393 g/mol. The van der Waals surface area contributed by atoms with Crippen LogP contribution in [-0.4, -0.2) is 50.7 Å². The molecule has 0 aliphatic carbocycles. The topological polar surface area (TPSA) is 97.3 Å². The molecule has 0 unspecified atom stereocenters. The molecule has 2 aliphatic rings. The first kappa shape index (κ1) is 19.4. The van der Waals surface area contributed by atoms with Gasteiger partial charge in [0.1, 0.15) is 5.75 Å². The van der Waals surface area contributed by atoms with Gasteiger partial charge in [-0.25, -0.2) is 0 Å². The normalized spacial score (nSPS) is 21.4. The molecule has 146 valence electrons. The van der Waals surface area contributed by atoms with E-state index < -0.39 is 10.2 Å². The molecule has 1 amide bonds. The molecule has 1 atom stereocenters. The van der Waals surface area contributed by atoms with Crippen LogP contribution < -0.4 is 10.1 Å². The van der Waals surface area contributed by atoms with Crippen molar-refractivity contribution >= 4 is 21.8 Å². The molecule has 2 aliphatic heterocycles. The van der Waals surface area contributed by atoms with Crippen molar-refractivity contribution in [2.45, 2.75) is 32.4 Å². The van der Waals surface area contributed by atoms with Crippen molar-refractivity contribution in [2.75, 3.05) is 20.3 Å². The number of hydrogen-bond acceptors (Lipinski definition) is 5. The standard InChI is InChI=1S/C18H23N3O5S/c1-13-16(18(22)19-10-15-7-5-9-26-15)12-21(27(23,24)20-13)11-14-6-3-4-8-17(14)25-2/h3-4,6,8,12,15H,5,7,9-11H2,1-2H3,(H,19,22)/t15-/m1/s1. The number of amides is 1. The predicted octanol–water partition coefficient (Wildman–Crippen LogP) is 1.40. The Morgan fingerprint density at radius 3 is 2.89 bits per heavy atom. The Labute approximate surface area is 159 Å². The van der Waals surface area contributed by atoms with Crippen LogP contribution in [0, 0.1) is 0 Å². The van der Waals surface area contributed by atoms with E-state index >= 15 is 0 Å². The second-order valence-electron chi connectivity index (χ2n) is 6.40. The number of ether oxygens (including phenoxy) is 2. The minimum Gasteiger partial charge on any atom is -0.496 e. The third-order valence-electron chi connectivity index (χ3n) is 4.49. The molecule has 1 saturated heterocycles. The third kappa shape index (κ3) is 4.48. The number of carbonyl (C=O) groups is 1. The van der Waals surface area contributed by atoms with Crippen LogP contribution in [0.5, 0.6) is 5.75 Å². The molecule has 1 fully saturated rings. The molecule has 1 aromatic rings. The van der Waals surface area contributed by atoms with Crippen LogP contribution in [0.25, 0.3) is 0 Å². The van der Waals surface area contributed by atoms with E-state index in [1.54, 1.807) is 24.3 Å². The lowest BCUT2D eigenvalue weighted by molar-refractivity contribution is -0.117. The summed E-state index contributed by atoms with van der Waals surface area (Å²) < 4.78 is 40.4. The summed E-state index contributed by atoms with van der Waals surface area (Å²) in [6.45, 7) is 2.62. The van der Waals surface area contributed by atoms with Crippen molar-refractivity contribution in [1.29, 1.82) is 0 Å². The Balaban J connectivity index is 1.79. The van der Waals surface area contributed by atoms with Crippen molar-refractivity contribution in [3.63, 3.8) is 0 Å². The lowest BCUT2D eigenvalue weighted by Crippen LogP contribution is -2.38. The van der Waals surface area contributed by atoms with Gasteiger partial charge in [-0.1, -0.05) is 18.2 Å². The van der Waals surface area contributed by atoms with E-state index in [0.29, 0.717) is 24.5 Å². The quantitative estimate of drug-likeness (QED) is 0.788. The van der Waals surface area contributed by atoms with Gasteiger partial charge < -0.3 is 14.8 Å². The van der Waals surface area contributed by atoms with Gasteiger partial charge in [0.15, 0.2) is 0 Å². The summed E-state index contributed by atoms with van der Waals surface area (Å²) in [5.74, 6) is 0.198. The van der Waals surface area contributed by atoms with E-state index in [0.717, 1.165) is 17.1 Å². The molecule has 0 spiro atoms. The first-order chi connectivity index (χ1) is 12.9. The molecule has 3 rings (SSSR count). The number of methoxy groups -OCH3 is 1. The van der Waals surface area contributed by atoms with E-state index in [1.807, 2.05) is 0 Å². The Bertz CT molecular complexity index is 873. The summed E-state index contributed by atoms with van der Waals surface area (Å²) in [6.07, 6.45) is 3.22. The lowest BCUT2D eigenvalue weighted by Gasteiger charge is -2.24. The predicted molar refractivity (Wildman–Crippen MR) is 101 cm³/mol. The molecule has 1 N–H and O–H groups in total. The molecular formula is C18H23N3O5S. The first-order valence-electron chi connectivity index (χ1n) is 8.73. The fourth-order valence-corrected chi connectivity index (χ4v) is 4.13. The largest absolute Gasteiger partial charge is 0.496 e. The number of benzene rings is 1. The minimum atomic E-state index is -3.91. The number of nitrogens with zero attached hydrogens (tertiary/aromatic N) is 2. The molecule has 0 bridgehead atoms. The summed E-state index contributed by atoms with van der Waals surface area (Å²) in [5.41, 5.74) is 1.06. The molecule has 1 aromatic carbocycles. The Morgan fingerprint density at radius 2 is 2.19 bits per heavy atom. The SMILES string of the molecule is COc1ccccc1CN1C=C(C(=O)NC[C@H]2CCCO2)C(C)=NS1(=O)=O. The van der Waals surface area contributed by atoms with Crippen LogP contribution in [0.3, 0.4) is 0 Å². The van der Waals surface area contributed by atoms with Gasteiger partial charge in [0.2, 0.25) is 0 Å². The summed E-state index contributed by atoms with van der Waals surface area (Å²) in [5, 5.41) is 2.80. The second kappa shape index (κ2) is 8.10. The van der Waals surface area contributed by atoms with Gasteiger partial charge in [0, 0.05) is 24.9 Å². The van der Waals surface area contributed by atoms with Gasteiger partial charge in [-0.2, -0.15) is 8.42 Å². The third-order valence-corrected chi connectivity index (χ3v) is 5.82. The number of para-hydroxylation sites is 1. The van der Waals surface area contributed by atoms with E-state index in [4.69, 9.17) is 9.47 Å². The Morgan fingerprint density at radius 1 is 1.41 bits per heavy atom. The van der Waals surface area contributed by atoms with Crippen molar-refractivity contribution in [1.82, 2.24) is 9.62 Å². The average molecular weight is 393 g/mol. The molecular weight excluding hydrogens is 370 g/mol. The van der Waals surface area contributed by atoms with Crippen LogP contribution in [0.1, 0.15) is 25.3 Å². The van der Waals surface area contributed by atoms with E-state index in [-0.39, 0.29) is 29.8 Å². The maximum absolute atomic E-state index is 12.5. The summed E-state index contributed by atoms with van der Waals surface area (Å²) in [4.78, 5) is 12.5. The van der Waals surface area contributed by atoms with Gasteiger partial charge in [0.25, 0.3) is 5.91 Å². The molecule has 27 heavy (non-hydrogen) atoms. The first-order valence-corrected chi connectivity index (χ1v) is 10.1. The lowest BCUT2D eigenvalue weighted by atomic mass is 10.1. The highest BCUT2D eigenvalue weighted by atomic mass is 32.2. The Kier molecular flexibility index (Phi) is 5.81. The molecule has 2 heterocycles. The summed E-state index contributed by atoms with van der Waals surface area (Å²) >= 11 is 0. The fraction of sp³-hybridized carbons (Fsp3) is 0.444. The highest BCUT2D eigenvalue weighted by molar-refractivity contribution is 7.88. The van der Waals surface area contributed by atoms with Crippen LogP contribution in [-0.2, 0) is 26.3 Å². The smallest absolute Gasteiger partial charge is 0.344 e. The highest BCUT2D eigenvalue weighted by Crippen LogP contribution is 2.24. The second-order valence-corrected chi connectivity index (χ2v) is 7.95. The van der Waals surface area contributed by atoms with Crippen LogP contribution in [0.15, 0.2) is 40.4 Å². The summed E-state index contributed by atoms with van der Waals surface area (Å²) in [6, 6.07) is 7.11. The number of carbonyl (C=O) groups excluding carboxylic acids is 1. The van der Waals surface area contributed by atoms with E-state index in [9.17, 15) is 13.2 Å².